The van der Waals surface area contributed by atoms with Gasteiger partial charge in [-0.2, -0.15) is 5.26 Å². The van der Waals surface area contributed by atoms with Crippen molar-refractivity contribution in [3.63, 3.8) is 0 Å². The Morgan fingerprint density at radius 1 is 1.52 bits per heavy atom. The summed E-state index contributed by atoms with van der Waals surface area (Å²) < 4.78 is 10.8. The Labute approximate surface area is 124 Å². The zero-order valence-electron chi connectivity index (χ0n) is 12.6. The van der Waals surface area contributed by atoms with Gasteiger partial charge in [-0.05, 0) is 50.8 Å². The number of rotatable bonds is 6. The number of nitrogens with one attached hydrogen (secondary N) is 1. The number of hydrogen-bond donors (Lipinski definition) is 1. The molecule has 0 saturated heterocycles. The smallest absolute Gasteiger partial charge is 0.256 e. The fraction of sp³-hybridized carbons (Fsp3) is 0.500. The van der Waals surface area contributed by atoms with Crippen molar-refractivity contribution in [2.75, 3.05) is 19.0 Å². The van der Waals surface area contributed by atoms with Crippen LogP contribution in [0.15, 0.2) is 18.2 Å². The molecule has 5 heteroatoms. The highest BCUT2D eigenvalue weighted by Crippen LogP contribution is 2.42. The zero-order valence-corrected chi connectivity index (χ0v) is 12.6. The number of carbonyl (C=O) groups is 1. The maximum absolute atomic E-state index is 12.4. The summed E-state index contributed by atoms with van der Waals surface area (Å²) in [5.41, 5.74) is 0.0177. The van der Waals surface area contributed by atoms with E-state index in [-0.39, 0.29) is 11.8 Å². The summed E-state index contributed by atoms with van der Waals surface area (Å²) in [5, 5.41) is 12.0. The molecular weight excluding hydrogens is 268 g/mol. The fourth-order valence-electron chi connectivity index (χ4n) is 2.31. The van der Waals surface area contributed by atoms with Crippen LogP contribution in [0, 0.1) is 17.2 Å². The lowest BCUT2D eigenvalue weighted by molar-refractivity contribution is -0.138. The molecule has 1 aliphatic rings. The van der Waals surface area contributed by atoms with Crippen LogP contribution in [-0.2, 0) is 9.53 Å². The summed E-state index contributed by atoms with van der Waals surface area (Å²) in [7, 11) is 1.54. The summed E-state index contributed by atoms with van der Waals surface area (Å²) in [4.78, 5) is 12.4. The van der Waals surface area contributed by atoms with E-state index < -0.39 is 5.60 Å². The molecule has 1 aromatic carbocycles. The molecule has 0 spiro atoms. The Morgan fingerprint density at radius 2 is 2.24 bits per heavy atom. The lowest BCUT2D eigenvalue weighted by atomic mass is 9.98. The Bertz CT molecular complexity index is 575. The maximum atomic E-state index is 12.4. The van der Waals surface area contributed by atoms with Crippen molar-refractivity contribution in [1.82, 2.24) is 0 Å². The van der Waals surface area contributed by atoms with Gasteiger partial charge in [0.15, 0.2) is 0 Å². The highest BCUT2D eigenvalue weighted by atomic mass is 16.5. The van der Waals surface area contributed by atoms with Crippen LogP contribution in [0.1, 0.15) is 32.3 Å². The van der Waals surface area contributed by atoms with Gasteiger partial charge in [0.2, 0.25) is 0 Å². The van der Waals surface area contributed by atoms with Crippen molar-refractivity contribution < 1.29 is 14.3 Å². The second kappa shape index (κ2) is 6.15. The van der Waals surface area contributed by atoms with E-state index >= 15 is 0 Å². The molecule has 0 radical (unpaired) electrons. The van der Waals surface area contributed by atoms with Crippen LogP contribution < -0.4 is 10.1 Å². The Hall–Kier alpha value is -2.06. The number of nitrogens with zero attached hydrogens (tertiary/aromatic N) is 1. The van der Waals surface area contributed by atoms with Crippen molar-refractivity contribution >= 4 is 11.6 Å². The first-order chi connectivity index (χ1) is 10.0. The summed E-state index contributed by atoms with van der Waals surface area (Å²) in [5.74, 6) is 0.646. The van der Waals surface area contributed by atoms with Crippen molar-refractivity contribution in [2.24, 2.45) is 5.92 Å². The molecule has 1 saturated carbocycles. The molecule has 0 heterocycles. The number of carbonyl (C=O) groups excluding carboxylic acids is 1. The van der Waals surface area contributed by atoms with E-state index in [0.29, 0.717) is 23.6 Å². The zero-order chi connectivity index (χ0) is 15.5. The average molecular weight is 288 g/mol. The van der Waals surface area contributed by atoms with Crippen molar-refractivity contribution in [2.45, 2.75) is 32.3 Å². The predicted octanol–water partition coefficient (Wildman–Crippen LogP) is 2.71. The molecule has 1 atom stereocenters. The first-order valence-corrected chi connectivity index (χ1v) is 7.08. The van der Waals surface area contributed by atoms with E-state index in [4.69, 9.17) is 9.47 Å². The van der Waals surface area contributed by atoms with Gasteiger partial charge in [-0.25, -0.2) is 0 Å². The third-order valence-corrected chi connectivity index (χ3v) is 3.90. The number of anilines is 1. The van der Waals surface area contributed by atoms with Gasteiger partial charge < -0.3 is 14.8 Å². The van der Waals surface area contributed by atoms with Gasteiger partial charge in [-0.3, -0.25) is 4.79 Å². The molecule has 21 heavy (non-hydrogen) atoms. The molecule has 1 fully saturated rings. The first-order valence-electron chi connectivity index (χ1n) is 7.08. The SMILES string of the molecule is CCOc1ccc(NC(=O)[C@](C)(OC)C2CC2)c(C#N)c1. The van der Waals surface area contributed by atoms with Gasteiger partial charge in [0.25, 0.3) is 5.91 Å². The molecule has 1 aromatic rings. The van der Waals surface area contributed by atoms with Crippen LogP contribution in [0.3, 0.4) is 0 Å². The van der Waals surface area contributed by atoms with Crippen LogP contribution in [0.4, 0.5) is 5.69 Å². The van der Waals surface area contributed by atoms with Crippen LogP contribution in [0.25, 0.3) is 0 Å². The number of nitriles is 1. The molecular formula is C16H20N2O3. The summed E-state index contributed by atoms with van der Waals surface area (Å²) >= 11 is 0. The van der Waals surface area contributed by atoms with Crippen LogP contribution in [-0.4, -0.2) is 25.2 Å². The van der Waals surface area contributed by atoms with Gasteiger partial charge >= 0.3 is 0 Å². The molecule has 0 bridgehead atoms. The molecule has 5 nitrogen and oxygen atoms in total. The molecule has 1 aliphatic carbocycles. The van der Waals surface area contributed by atoms with E-state index in [1.54, 1.807) is 32.2 Å². The molecule has 0 unspecified atom stereocenters. The molecule has 1 N–H and O–H groups in total. The van der Waals surface area contributed by atoms with E-state index in [9.17, 15) is 10.1 Å². The quantitative estimate of drug-likeness (QED) is 0.873. The van der Waals surface area contributed by atoms with Gasteiger partial charge in [0.05, 0.1) is 17.9 Å². The van der Waals surface area contributed by atoms with Crippen LogP contribution in [0.5, 0.6) is 5.75 Å². The van der Waals surface area contributed by atoms with Crippen LogP contribution >= 0.6 is 0 Å². The minimum atomic E-state index is -0.842. The average Bonchev–Trinajstić information content (AvgIpc) is 3.33. The lowest BCUT2D eigenvalue weighted by Crippen LogP contribution is -2.44. The van der Waals surface area contributed by atoms with Gasteiger partial charge in [-0.1, -0.05) is 0 Å². The van der Waals surface area contributed by atoms with E-state index in [1.165, 1.54) is 0 Å². The van der Waals surface area contributed by atoms with Gasteiger partial charge in [-0.15, -0.1) is 0 Å². The minimum Gasteiger partial charge on any atom is -0.494 e. The van der Waals surface area contributed by atoms with E-state index in [0.717, 1.165) is 12.8 Å². The van der Waals surface area contributed by atoms with Crippen LogP contribution in [0.2, 0.25) is 0 Å². The Balaban J connectivity index is 2.19. The Kier molecular flexibility index (Phi) is 4.49. The molecule has 1 amide bonds. The highest BCUT2D eigenvalue weighted by Gasteiger charge is 2.47. The third kappa shape index (κ3) is 3.17. The molecule has 112 valence electrons. The predicted molar refractivity (Wildman–Crippen MR) is 79.1 cm³/mol. The summed E-state index contributed by atoms with van der Waals surface area (Å²) in [6, 6.07) is 7.13. The summed E-state index contributed by atoms with van der Waals surface area (Å²) in [6.07, 6.45) is 1.98. The first kappa shape index (κ1) is 15.3. The lowest BCUT2D eigenvalue weighted by Gasteiger charge is -2.27. The Morgan fingerprint density at radius 3 is 2.76 bits per heavy atom. The number of benzene rings is 1. The summed E-state index contributed by atoms with van der Waals surface area (Å²) in [6.45, 7) is 4.20. The largest absolute Gasteiger partial charge is 0.494 e. The van der Waals surface area contributed by atoms with Crippen molar-refractivity contribution in [3.05, 3.63) is 23.8 Å². The maximum Gasteiger partial charge on any atom is 0.256 e. The second-order valence-corrected chi connectivity index (χ2v) is 5.29. The number of ether oxygens (including phenoxy) is 2. The molecule has 0 aliphatic heterocycles. The van der Waals surface area contributed by atoms with Crippen molar-refractivity contribution in [3.8, 4) is 11.8 Å². The van der Waals surface area contributed by atoms with Gasteiger partial charge in [0.1, 0.15) is 17.4 Å². The topological polar surface area (TPSA) is 71.3 Å². The fourth-order valence-corrected chi connectivity index (χ4v) is 2.31. The number of methoxy groups -OCH3 is 1. The van der Waals surface area contributed by atoms with E-state index in [2.05, 4.69) is 11.4 Å². The van der Waals surface area contributed by atoms with Gasteiger partial charge in [0, 0.05) is 7.11 Å². The number of amides is 1. The molecule has 2 rings (SSSR count). The highest BCUT2D eigenvalue weighted by molar-refractivity contribution is 5.98. The minimum absolute atomic E-state index is 0.215. The third-order valence-electron chi connectivity index (χ3n) is 3.90. The second-order valence-electron chi connectivity index (χ2n) is 5.29. The monoisotopic (exact) mass is 288 g/mol. The molecule has 0 aromatic heterocycles. The van der Waals surface area contributed by atoms with Crippen molar-refractivity contribution in [1.29, 1.82) is 5.26 Å². The standard InChI is InChI=1S/C16H20N2O3/c1-4-21-13-7-8-14(11(9-13)10-17)18-15(19)16(2,20-3)12-5-6-12/h7-9,12H,4-6H2,1-3H3,(H,18,19)/t16-/m1/s1. The van der Waals surface area contributed by atoms with E-state index in [1.807, 2.05) is 6.92 Å². The normalized spacial score (nSPS) is 16.7. The number of hydrogen-bond acceptors (Lipinski definition) is 4.